The van der Waals surface area contributed by atoms with Crippen LogP contribution >= 0.6 is 0 Å². The highest BCUT2D eigenvalue weighted by atomic mass is 16.5. The molecule has 1 rings (SSSR count). The summed E-state index contributed by atoms with van der Waals surface area (Å²) < 4.78 is 11.3. The molecule has 0 unspecified atom stereocenters. The van der Waals surface area contributed by atoms with E-state index < -0.39 is 0 Å². The van der Waals surface area contributed by atoms with Gasteiger partial charge in [0.25, 0.3) is 0 Å². The Morgan fingerprint density at radius 2 is 1.68 bits per heavy atom. The lowest BCUT2D eigenvalue weighted by Crippen LogP contribution is -2.13. The van der Waals surface area contributed by atoms with Crippen molar-refractivity contribution in [2.24, 2.45) is 0 Å². The van der Waals surface area contributed by atoms with Gasteiger partial charge in [-0.3, -0.25) is 0 Å². The maximum atomic E-state index is 5.83. The molecule has 3 nitrogen and oxygen atoms in total. The van der Waals surface area contributed by atoms with E-state index in [-0.39, 0.29) is 0 Å². The van der Waals surface area contributed by atoms with Crippen molar-refractivity contribution in [1.29, 1.82) is 0 Å². The van der Waals surface area contributed by atoms with E-state index >= 15 is 0 Å². The van der Waals surface area contributed by atoms with Crippen LogP contribution in [0.2, 0.25) is 0 Å². The molecular weight excluding hydrogens is 238 g/mol. The predicted octanol–water partition coefficient (Wildman–Crippen LogP) is 3.22. The van der Waals surface area contributed by atoms with Crippen molar-refractivity contribution in [3.63, 3.8) is 0 Å². The standard InChI is InChI=1S/C16H27NO2/c1-5-7-18-8-9-19-16-13(3)10-15(11-14(16)4)12-17-6-2/h10-11,17H,5-9,12H2,1-4H3. The van der Waals surface area contributed by atoms with Crippen LogP contribution in [0.5, 0.6) is 5.75 Å². The van der Waals surface area contributed by atoms with Crippen LogP contribution in [0.3, 0.4) is 0 Å². The van der Waals surface area contributed by atoms with E-state index in [4.69, 9.17) is 9.47 Å². The second-order valence-electron chi connectivity index (χ2n) is 4.80. The molecule has 3 heteroatoms. The average Bonchev–Trinajstić information content (AvgIpc) is 2.38. The first kappa shape index (κ1) is 16.0. The topological polar surface area (TPSA) is 30.5 Å². The summed E-state index contributed by atoms with van der Waals surface area (Å²) in [6.45, 7) is 12.4. The minimum atomic E-state index is 0.619. The Labute approximate surface area is 117 Å². The molecule has 1 aromatic carbocycles. The quantitative estimate of drug-likeness (QED) is 0.695. The van der Waals surface area contributed by atoms with Gasteiger partial charge < -0.3 is 14.8 Å². The van der Waals surface area contributed by atoms with Crippen molar-refractivity contribution in [2.75, 3.05) is 26.4 Å². The highest BCUT2D eigenvalue weighted by Crippen LogP contribution is 2.24. The van der Waals surface area contributed by atoms with Gasteiger partial charge in [0.1, 0.15) is 12.4 Å². The lowest BCUT2D eigenvalue weighted by atomic mass is 10.1. The third-order valence-electron chi connectivity index (χ3n) is 2.92. The van der Waals surface area contributed by atoms with E-state index in [0.717, 1.165) is 31.9 Å². The predicted molar refractivity (Wildman–Crippen MR) is 79.9 cm³/mol. The van der Waals surface area contributed by atoms with Crippen molar-refractivity contribution in [2.45, 2.75) is 40.7 Å². The molecule has 0 fully saturated rings. The number of nitrogens with one attached hydrogen (secondary N) is 1. The van der Waals surface area contributed by atoms with Crippen LogP contribution in [0.25, 0.3) is 0 Å². The Bertz CT molecular complexity index is 354. The molecule has 0 radical (unpaired) electrons. The Hall–Kier alpha value is -1.06. The van der Waals surface area contributed by atoms with Gasteiger partial charge in [-0.2, -0.15) is 0 Å². The Balaban J connectivity index is 2.53. The third kappa shape index (κ3) is 5.62. The highest BCUT2D eigenvalue weighted by molar-refractivity contribution is 5.43. The molecule has 0 saturated heterocycles. The smallest absolute Gasteiger partial charge is 0.125 e. The molecule has 0 aliphatic heterocycles. The van der Waals surface area contributed by atoms with E-state index in [0.29, 0.717) is 13.2 Å². The molecule has 0 spiro atoms. The fourth-order valence-electron chi connectivity index (χ4n) is 2.09. The lowest BCUT2D eigenvalue weighted by molar-refractivity contribution is 0.100. The molecule has 0 heterocycles. The van der Waals surface area contributed by atoms with E-state index in [1.54, 1.807) is 0 Å². The third-order valence-corrected chi connectivity index (χ3v) is 2.92. The monoisotopic (exact) mass is 265 g/mol. The summed E-state index contributed by atoms with van der Waals surface area (Å²) in [5, 5.41) is 3.34. The Morgan fingerprint density at radius 3 is 2.26 bits per heavy atom. The van der Waals surface area contributed by atoms with Crippen molar-refractivity contribution in [3.05, 3.63) is 28.8 Å². The molecule has 0 bridgehead atoms. The fraction of sp³-hybridized carbons (Fsp3) is 0.625. The summed E-state index contributed by atoms with van der Waals surface area (Å²) in [6, 6.07) is 4.38. The second-order valence-corrected chi connectivity index (χ2v) is 4.80. The zero-order chi connectivity index (χ0) is 14.1. The van der Waals surface area contributed by atoms with Crippen LogP contribution in [0, 0.1) is 13.8 Å². The summed E-state index contributed by atoms with van der Waals surface area (Å²) in [6.07, 6.45) is 1.05. The number of benzene rings is 1. The lowest BCUT2D eigenvalue weighted by Gasteiger charge is -2.14. The van der Waals surface area contributed by atoms with Gasteiger partial charge >= 0.3 is 0 Å². The molecular formula is C16H27NO2. The van der Waals surface area contributed by atoms with Crippen LogP contribution in [0.4, 0.5) is 0 Å². The van der Waals surface area contributed by atoms with Crippen molar-refractivity contribution in [3.8, 4) is 5.75 Å². The fourth-order valence-corrected chi connectivity index (χ4v) is 2.09. The first-order valence-corrected chi connectivity index (χ1v) is 7.20. The van der Waals surface area contributed by atoms with Crippen molar-refractivity contribution < 1.29 is 9.47 Å². The van der Waals surface area contributed by atoms with Crippen LogP contribution in [0.1, 0.15) is 37.0 Å². The van der Waals surface area contributed by atoms with Gasteiger partial charge in [-0.1, -0.05) is 26.0 Å². The van der Waals surface area contributed by atoms with E-state index in [9.17, 15) is 0 Å². The summed E-state index contributed by atoms with van der Waals surface area (Å²) in [5.74, 6) is 1.00. The van der Waals surface area contributed by atoms with Crippen molar-refractivity contribution >= 4 is 0 Å². The van der Waals surface area contributed by atoms with Crippen LogP contribution in [0.15, 0.2) is 12.1 Å². The Kier molecular flexibility index (Phi) is 7.53. The molecule has 1 N–H and O–H groups in total. The SMILES string of the molecule is CCCOCCOc1c(C)cc(CNCC)cc1C. The molecule has 0 saturated carbocycles. The molecule has 0 aliphatic rings. The zero-order valence-corrected chi connectivity index (χ0v) is 12.7. The van der Waals surface area contributed by atoms with E-state index in [1.807, 2.05) is 0 Å². The number of ether oxygens (including phenoxy) is 2. The van der Waals surface area contributed by atoms with E-state index in [2.05, 4.69) is 45.1 Å². The van der Waals surface area contributed by atoms with Gasteiger partial charge in [0.2, 0.25) is 0 Å². The largest absolute Gasteiger partial charge is 0.491 e. The van der Waals surface area contributed by atoms with Gasteiger partial charge in [-0.15, -0.1) is 0 Å². The number of hydrogen-bond acceptors (Lipinski definition) is 3. The maximum absolute atomic E-state index is 5.83. The molecule has 1 aromatic rings. The second kappa shape index (κ2) is 8.94. The minimum Gasteiger partial charge on any atom is -0.491 e. The molecule has 0 aromatic heterocycles. The van der Waals surface area contributed by atoms with Crippen LogP contribution in [-0.2, 0) is 11.3 Å². The summed E-state index contributed by atoms with van der Waals surface area (Å²) in [4.78, 5) is 0. The van der Waals surface area contributed by atoms with Gasteiger partial charge in [0, 0.05) is 13.2 Å². The first-order chi connectivity index (χ1) is 9.19. The highest BCUT2D eigenvalue weighted by Gasteiger charge is 2.06. The number of rotatable bonds is 9. The van der Waals surface area contributed by atoms with Gasteiger partial charge in [0.05, 0.1) is 6.61 Å². The van der Waals surface area contributed by atoms with Gasteiger partial charge in [-0.05, 0) is 43.5 Å². The number of aryl methyl sites for hydroxylation is 2. The molecule has 0 amide bonds. The van der Waals surface area contributed by atoms with Crippen LogP contribution in [-0.4, -0.2) is 26.4 Å². The molecule has 108 valence electrons. The summed E-state index contributed by atoms with van der Waals surface area (Å²) >= 11 is 0. The molecule has 0 aliphatic carbocycles. The average molecular weight is 265 g/mol. The summed E-state index contributed by atoms with van der Waals surface area (Å²) in [7, 11) is 0. The van der Waals surface area contributed by atoms with Gasteiger partial charge in [0.15, 0.2) is 0 Å². The maximum Gasteiger partial charge on any atom is 0.125 e. The van der Waals surface area contributed by atoms with E-state index in [1.165, 1.54) is 16.7 Å². The van der Waals surface area contributed by atoms with Crippen molar-refractivity contribution in [1.82, 2.24) is 5.32 Å². The normalized spacial score (nSPS) is 10.7. The first-order valence-electron chi connectivity index (χ1n) is 7.20. The minimum absolute atomic E-state index is 0.619. The van der Waals surface area contributed by atoms with Crippen LogP contribution < -0.4 is 10.1 Å². The number of hydrogen-bond donors (Lipinski definition) is 1. The molecule has 0 atom stereocenters. The molecule has 19 heavy (non-hydrogen) atoms. The summed E-state index contributed by atoms with van der Waals surface area (Å²) in [5.41, 5.74) is 3.71. The van der Waals surface area contributed by atoms with Gasteiger partial charge in [-0.25, -0.2) is 0 Å². The zero-order valence-electron chi connectivity index (χ0n) is 12.7. The Morgan fingerprint density at radius 1 is 1.00 bits per heavy atom.